The van der Waals surface area contributed by atoms with E-state index in [4.69, 9.17) is 0 Å². The molecular weight excluding hydrogens is 324 g/mol. The van der Waals surface area contributed by atoms with E-state index in [0.29, 0.717) is 0 Å². The molecule has 0 spiro atoms. The van der Waals surface area contributed by atoms with Crippen molar-refractivity contribution in [2.75, 3.05) is 0 Å². The molecule has 0 bridgehead atoms. The van der Waals surface area contributed by atoms with E-state index in [0.717, 1.165) is 6.42 Å². The zero-order valence-corrected chi connectivity index (χ0v) is 17.9. The fraction of sp³-hybridized carbons (Fsp3) is 0.407. The Labute approximate surface area is 165 Å². The predicted octanol–water partition coefficient (Wildman–Crippen LogP) is 7.31. The third-order valence-corrected chi connectivity index (χ3v) is 6.52. The van der Waals surface area contributed by atoms with Crippen molar-refractivity contribution in [3.05, 3.63) is 87.5 Å². The molecule has 2 aliphatic rings. The molecule has 0 heterocycles. The molecule has 0 radical (unpaired) electrons. The molecule has 0 heteroatoms. The van der Waals surface area contributed by atoms with Crippen molar-refractivity contribution in [1.82, 2.24) is 0 Å². The van der Waals surface area contributed by atoms with Crippen molar-refractivity contribution in [2.24, 2.45) is 0 Å². The summed E-state index contributed by atoms with van der Waals surface area (Å²) in [7, 11) is 0. The van der Waals surface area contributed by atoms with Crippen LogP contribution in [-0.2, 0) is 16.2 Å². The summed E-state index contributed by atoms with van der Waals surface area (Å²) in [5, 5.41) is 0. The molecule has 0 aromatic heterocycles. The van der Waals surface area contributed by atoms with E-state index in [2.05, 4.69) is 103 Å². The average Bonchev–Trinajstić information content (AvgIpc) is 3.09. The van der Waals surface area contributed by atoms with Gasteiger partial charge in [-0.1, -0.05) is 95.7 Å². The first-order valence-electron chi connectivity index (χ1n) is 10.2. The Bertz CT molecular complexity index is 953. The zero-order valence-electron chi connectivity index (χ0n) is 17.9. The van der Waals surface area contributed by atoms with Gasteiger partial charge in [-0.2, -0.15) is 0 Å². The molecule has 1 unspecified atom stereocenters. The van der Waals surface area contributed by atoms with Crippen LogP contribution < -0.4 is 0 Å². The Kier molecular flexibility index (Phi) is 3.87. The summed E-state index contributed by atoms with van der Waals surface area (Å²) in [4.78, 5) is 0. The third kappa shape index (κ3) is 2.73. The maximum atomic E-state index is 2.45. The summed E-state index contributed by atoms with van der Waals surface area (Å²) >= 11 is 0. The van der Waals surface area contributed by atoms with Crippen LogP contribution >= 0.6 is 0 Å². The Morgan fingerprint density at radius 3 is 1.96 bits per heavy atom. The third-order valence-electron chi connectivity index (χ3n) is 6.52. The summed E-state index contributed by atoms with van der Waals surface area (Å²) < 4.78 is 0. The molecule has 0 nitrogen and oxygen atoms in total. The van der Waals surface area contributed by atoms with E-state index in [-0.39, 0.29) is 16.2 Å². The lowest BCUT2D eigenvalue weighted by Gasteiger charge is -2.32. The van der Waals surface area contributed by atoms with Gasteiger partial charge in [-0.15, -0.1) is 0 Å². The van der Waals surface area contributed by atoms with Gasteiger partial charge in [0.1, 0.15) is 0 Å². The van der Waals surface area contributed by atoms with Crippen LogP contribution in [-0.4, -0.2) is 0 Å². The number of benzene rings is 2. The van der Waals surface area contributed by atoms with Crippen LogP contribution in [0, 0.1) is 0 Å². The number of hydrogen-bond donors (Lipinski definition) is 0. The van der Waals surface area contributed by atoms with Gasteiger partial charge in [0.25, 0.3) is 0 Å². The normalized spacial score (nSPS) is 21.6. The molecule has 27 heavy (non-hydrogen) atoms. The van der Waals surface area contributed by atoms with Gasteiger partial charge in [-0.05, 0) is 63.6 Å². The van der Waals surface area contributed by atoms with Crippen molar-refractivity contribution in [3.63, 3.8) is 0 Å². The van der Waals surface area contributed by atoms with E-state index >= 15 is 0 Å². The molecule has 1 atom stereocenters. The maximum Gasteiger partial charge on any atom is 0.0494 e. The summed E-state index contributed by atoms with van der Waals surface area (Å²) in [6.07, 6.45) is 5.94. The SMILES string of the molecule is CC1=CCC2(c3ccc(C(C)(C)C)cc3)C1=Cc1cc(C(C)(C)C)ccc12. The Hall–Kier alpha value is -2.08. The zero-order chi connectivity index (χ0) is 19.6. The van der Waals surface area contributed by atoms with E-state index < -0.39 is 0 Å². The van der Waals surface area contributed by atoms with Gasteiger partial charge < -0.3 is 0 Å². The van der Waals surface area contributed by atoms with Gasteiger partial charge in [0.05, 0.1) is 0 Å². The summed E-state index contributed by atoms with van der Waals surface area (Å²) in [6.45, 7) is 16.0. The van der Waals surface area contributed by atoms with Gasteiger partial charge in [-0.3, -0.25) is 0 Å². The van der Waals surface area contributed by atoms with E-state index in [1.807, 2.05) is 0 Å². The van der Waals surface area contributed by atoms with Gasteiger partial charge in [0.15, 0.2) is 0 Å². The minimum absolute atomic E-state index is 0.00620. The standard InChI is InChI=1S/C27H32/c1-18-14-15-27(21-10-8-20(9-11-21)25(2,3)4)23-13-12-22(26(5,6)7)16-19(23)17-24(18)27/h8-14,16-17H,15H2,1-7H3. The van der Waals surface area contributed by atoms with E-state index in [1.165, 1.54) is 39.0 Å². The van der Waals surface area contributed by atoms with Crippen molar-refractivity contribution < 1.29 is 0 Å². The average molecular weight is 357 g/mol. The smallest absolute Gasteiger partial charge is 0.0494 e. The second kappa shape index (κ2) is 5.71. The minimum Gasteiger partial charge on any atom is -0.0797 e. The fourth-order valence-corrected chi connectivity index (χ4v) is 4.73. The molecule has 140 valence electrons. The van der Waals surface area contributed by atoms with Gasteiger partial charge in [0.2, 0.25) is 0 Å². The lowest BCUT2D eigenvalue weighted by Crippen LogP contribution is -2.25. The summed E-state index contributed by atoms with van der Waals surface area (Å²) in [5.41, 5.74) is 10.4. The van der Waals surface area contributed by atoms with Gasteiger partial charge in [0, 0.05) is 5.41 Å². The van der Waals surface area contributed by atoms with Crippen LogP contribution in [0.4, 0.5) is 0 Å². The molecule has 0 N–H and O–H groups in total. The second-order valence-corrected chi connectivity index (χ2v) is 10.4. The lowest BCUT2D eigenvalue weighted by molar-refractivity contribution is 0.586. The highest BCUT2D eigenvalue weighted by atomic mass is 14.5. The van der Waals surface area contributed by atoms with Gasteiger partial charge in [-0.25, -0.2) is 0 Å². The quantitative estimate of drug-likeness (QED) is 0.502. The maximum absolute atomic E-state index is 2.45. The molecule has 4 rings (SSSR count). The van der Waals surface area contributed by atoms with Gasteiger partial charge >= 0.3 is 0 Å². The van der Waals surface area contributed by atoms with Crippen molar-refractivity contribution in [3.8, 4) is 0 Å². The molecular formula is C27H32. The number of allylic oxidation sites excluding steroid dienone is 3. The van der Waals surface area contributed by atoms with Crippen LogP contribution in [0.25, 0.3) is 6.08 Å². The van der Waals surface area contributed by atoms with Crippen LogP contribution in [0.15, 0.2) is 59.7 Å². The molecule has 0 aliphatic heterocycles. The largest absolute Gasteiger partial charge is 0.0797 e. The van der Waals surface area contributed by atoms with Crippen molar-refractivity contribution in [1.29, 1.82) is 0 Å². The highest BCUT2D eigenvalue weighted by molar-refractivity contribution is 5.79. The van der Waals surface area contributed by atoms with E-state index in [1.54, 1.807) is 0 Å². The van der Waals surface area contributed by atoms with Crippen molar-refractivity contribution >= 4 is 6.08 Å². The first-order chi connectivity index (χ1) is 12.5. The van der Waals surface area contributed by atoms with E-state index in [9.17, 15) is 0 Å². The summed E-state index contributed by atoms with van der Waals surface area (Å²) in [5.74, 6) is 0. The predicted molar refractivity (Wildman–Crippen MR) is 117 cm³/mol. The first kappa shape index (κ1) is 18.3. The molecule has 2 aromatic rings. The van der Waals surface area contributed by atoms with Crippen LogP contribution in [0.1, 0.15) is 82.7 Å². The molecule has 0 saturated carbocycles. The number of rotatable bonds is 1. The Balaban J connectivity index is 1.87. The highest BCUT2D eigenvalue weighted by Crippen LogP contribution is 2.55. The molecule has 0 fully saturated rings. The van der Waals surface area contributed by atoms with Crippen LogP contribution in [0.3, 0.4) is 0 Å². The second-order valence-electron chi connectivity index (χ2n) is 10.4. The number of hydrogen-bond acceptors (Lipinski definition) is 0. The summed E-state index contributed by atoms with van der Waals surface area (Å²) in [6, 6.07) is 16.5. The monoisotopic (exact) mass is 356 g/mol. The molecule has 0 saturated heterocycles. The fourth-order valence-electron chi connectivity index (χ4n) is 4.73. The van der Waals surface area contributed by atoms with Crippen molar-refractivity contribution in [2.45, 2.75) is 71.1 Å². The molecule has 2 aromatic carbocycles. The van der Waals surface area contributed by atoms with Crippen LogP contribution in [0.2, 0.25) is 0 Å². The number of fused-ring (bicyclic) bond motifs is 3. The first-order valence-corrected chi connectivity index (χ1v) is 10.2. The molecule has 0 amide bonds. The Morgan fingerprint density at radius 1 is 0.778 bits per heavy atom. The molecule has 2 aliphatic carbocycles. The van der Waals surface area contributed by atoms with Crippen LogP contribution in [0.5, 0.6) is 0 Å². The lowest BCUT2D eigenvalue weighted by atomic mass is 9.70. The minimum atomic E-state index is 0.00620. The highest BCUT2D eigenvalue weighted by Gasteiger charge is 2.46. The Morgan fingerprint density at radius 2 is 1.37 bits per heavy atom. The topological polar surface area (TPSA) is 0 Å².